The lowest BCUT2D eigenvalue weighted by atomic mass is 10.0. The van der Waals surface area contributed by atoms with Crippen molar-refractivity contribution in [1.29, 1.82) is 0 Å². The first kappa shape index (κ1) is 27.6. The van der Waals surface area contributed by atoms with Gasteiger partial charge in [-0.1, -0.05) is 11.6 Å². The molecule has 1 aliphatic heterocycles. The van der Waals surface area contributed by atoms with Crippen LogP contribution in [0.3, 0.4) is 0 Å². The molecule has 0 bridgehead atoms. The van der Waals surface area contributed by atoms with E-state index in [9.17, 15) is 18.0 Å². The van der Waals surface area contributed by atoms with E-state index in [1.165, 1.54) is 10.8 Å². The summed E-state index contributed by atoms with van der Waals surface area (Å²) in [6.45, 7) is 2.82. The third-order valence-electron chi connectivity index (χ3n) is 6.45. The van der Waals surface area contributed by atoms with Crippen molar-refractivity contribution in [2.45, 2.75) is 12.7 Å². The van der Waals surface area contributed by atoms with Gasteiger partial charge in [-0.25, -0.2) is 23.1 Å². The molecule has 2 aromatic carbocycles. The van der Waals surface area contributed by atoms with Gasteiger partial charge in [0, 0.05) is 36.8 Å². The van der Waals surface area contributed by atoms with Crippen LogP contribution in [0.4, 0.5) is 43.9 Å². The summed E-state index contributed by atoms with van der Waals surface area (Å²) >= 11 is 5.66. The molecular formula is C25H21ClF5N7O2. The predicted octanol–water partition coefficient (Wildman–Crippen LogP) is 4.98. The maximum atomic E-state index is 15.7. The largest absolute Gasteiger partial charge is 0.417 e. The molecule has 0 unspecified atom stereocenters. The number of ether oxygens (including phenoxy) is 1. The fourth-order valence-corrected chi connectivity index (χ4v) is 4.83. The molecule has 2 amide bonds. The fraction of sp³-hybridized carbons (Fsp3) is 0.240. The highest BCUT2D eigenvalue weighted by Gasteiger charge is 2.35. The number of rotatable bonds is 5. The Morgan fingerprint density at radius 3 is 2.48 bits per heavy atom. The van der Waals surface area contributed by atoms with E-state index in [0.717, 1.165) is 18.2 Å². The van der Waals surface area contributed by atoms with Gasteiger partial charge in [0.15, 0.2) is 5.82 Å². The van der Waals surface area contributed by atoms with Crippen molar-refractivity contribution in [3.63, 3.8) is 0 Å². The van der Waals surface area contributed by atoms with Crippen molar-refractivity contribution in [2.24, 2.45) is 5.73 Å². The Bertz CT molecular complexity index is 1600. The van der Waals surface area contributed by atoms with Crippen molar-refractivity contribution in [2.75, 3.05) is 36.9 Å². The van der Waals surface area contributed by atoms with Crippen LogP contribution in [-0.4, -0.2) is 51.8 Å². The molecule has 1 aliphatic rings. The Balaban J connectivity index is 1.61. The molecule has 9 nitrogen and oxygen atoms in total. The number of hydrogen-bond donors (Lipinski definition) is 2. The second-order valence-electron chi connectivity index (χ2n) is 8.96. The Hall–Kier alpha value is -4.01. The molecule has 0 atom stereocenters. The number of carbonyl (C=O) groups is 1. The van der Waals surface area contributed by atoms with Crippen LogP contribution in [0.15, 0.2) is 42.7 Å². The van der Waals surface area contributed by atoms with Crippen LogP contribution < -0.4 is 16.4 Å². The topological polar surface area (TPSA) is 115 Å². The molecule has 40 heavy (non-hydrogen) atoms. The van der Waals surface area contributed by atoms with Crippen molar-refractivity contribution in [1.82, 2.24) is 19.5 Å². The van der Waals surface area contributed by atoms with Gasteiger partial charge in [0.25, 0.3) is 0 Å². The number of nitrogen functional groups attached to an aromatic ring is 1. The van der Waals surface area contributed by atoms with E-state index >= 15 is 8.78 Å². The maximum absolute atomic E-state index is 15.7. The van der Waals surface area contributed by atoms with E-state index in [-0.39, 0.29) is 22.5 Å². The lowest BCUT2D eigenvalue weighted by molar-refractivity contribution is -0.137. The van der Waals surface area contributed by atoms with Gasteiger partial charge in [0.2, 0.25) is 0 Å². The van der Waals surface area contributed by atoms with Gasteiger partial charge in [-0.3, -0.25) is 9.80 Å². The van der Waals surface area contributed by atoms with E-state index in [1.807, 2.05) is 0 Å². The van der Waals surface area contributed by atoms with Crippen LogP contribution >= 0.6 is 11.6 Å². The monoisotopic (exact) mass is 581 g/mol. The molecule has 210 valence electrons. The average Bonchev–Trinajstić information content (AvgIpc) is 3.26. The zero-order valence-electron chi connectivity index (χ0n) is 20.6. The van der Waals surface area contributed by atoms with E-state index in [0.29, 0.717) is 55.6 Å². The Kier molecular flexibility index (Phi) is 7.25. The quantitative estimate of drug-likeness (QED) is 0.321. The average molecular weight is 582 g/mol. The van der Waals surface area contributed by atoms with Gasteiger partial charge in [0.1, 0.15) is 23.5 Å². The second-order valence-corrected chi connectivity index (χ2v) is 9.37. The van der Waals surface area contributed by atoms with Crippen LogP contribution in [0.2, 0.25) is 5.02 Å². The zero-order chi connectivity index (χ0) is 28.8. The molecule has 4 N–H and O–H groups in total. The molecule has 2 aromatic heterocycles. The molecule has 1 saturated heterocycles. The minimum Gasteiger partial charge on any atom is -0.382 e. The minimum absolute atomic E-state index is 0.0155. The fourth-order valence-electron chi connectivity index (χ4n) is 4.61. The Labute approximate surface area is 228 Å². The number of halogens is 6. The molecule has 15 heteroatoms. The van der Waals surface area contributed by atoms with E-state index in [1.54, 1.807) is 6.07 Å². The summed E-state index contributed by atoms with van der Waals surface area (Å²) in [7, 11) is 0. The van der Waals surface area contributed by atoms with Crippen molar-refractivity contribution < 1.29 is 31.5 Å². The maximum Gasteiger partial charge on any atom is 0.417 e. The number of carbonyl (C=O) groups excluding carboxylic acids is 1. The number of nitrogens with two attached hydrogens (primary N) is 2. The summed E-state index contributed by atoms with van der Waals surface area (Å²) in [6.07, 6.45) is -3.64. The smallest absolute Gasteiger partial charge is 0.382 e. The molecule has 3 heterocycles. The number of fused-ring (bicyclic) bond motifs is 1. The lowest BCUT2D eigenvalue weighted by Crippen LogP contribution is -2.36. The van der Waals surface area contributed by atoms with Gasteiger partial charge in [-0.2, -0.15) is 18.3 Å². The molecule has 0 spiro atoms. The molecule has 4 aromatic rings. The number of alkyl halides is 3. The number of urea groups is 1. The number of hydrogen-bond acceptors (Lipinski definition) is 6. The highest BCUT2D eigenvalue weighted by atomic mass is 35.5. The highest BCUT2D eigenvalue weighted by molar-refractivity contribution is 6.31. The van der Waals surface area contributed by atoms with Gasteiger partial charge in [0.05, 0.1) is 40.9 Å². The van der Waals surface area contributed by atoms with E-state index < -0.39 is 45.8 Å². The molecule has 0 aliphatic carbocycles. The first-order valence-corrected chi connectivity index (χ1v) is 12.2. The number of nitrogens with zero attached hydrogens (tertiary/aromatic N) is 5. The number of aromatic nitrogens is 3. The van der Waals surface area contributed by atoms with Crippen molar-refractivity contribution in [3.05, 3.63) is 70.6 Å². The van der Waals surface area contributed by atoms with E-state index in [4.69, 9.17) is 27.8 Å². The molecule has 5 rings (SSSR count). The third-order valence-corrected chi connectivity index (χ3v) is 6.78. The number of benzene rings is 2. The number of anilines is 3. The Morgan fingerprint density at radius 2 is 1.80 bits per heavy atom. The van der Waals surface area contributed by atoms with Crippen LogP contribution in [0.1, 0.15) is 11.3 Å². The van der Waals surface area contributed by atoms with Gasteiger partial charge < -0.3 is 16.2 Å². The predicted molar refractivity (Wildman–Crippen MR) is 137 cm³/mol. The van der Waals surface area contributed by atoms with Crippen LogP contribution in [0, 0.1) is 11.6 Å². The SMILES string of the molecule is NC(=O)N(c1ccc(Cl)c(C(F)(F)F)c1)c1cc(F)c(-c2cc(CN3CCOCC3)n3ncnc(N)c23)cc1F. The van der Waals surface area contributed by atoms with Gasteiger partial charge >= 0.3 is 12.2 Å². The summed E-state index contributed by atoms with van der Waals surface area (Å²) in [5, 5.41) is 3.59. The standard InChI is InChI=1S/C25H21ClF5N7O2/c26-18-2-1-13(8-17(18)25(29,30)31)37(24(33)39)21-10-19(27)15(9-20(21)28)16-7-14(11-36-3-5-40-6-4-36)38-22(16)23(32)34-12-35-38/h1-2,7-10,12H,3-6,11H2,(H2,33,39)(H2,32,34,35). The first-order chi connectivity index (χ1) is 19.0. The Morgan fingerprint density at radius 1 is 1.07 bits per heavy atom. The summed E-state index contributed by atoms with van der Waals surface area (Å²) in [6, 6.07) is 4.17. The third kappa shape index (κ3) is 5.12. The number of primary amides is 1. The molecule has 0 radical (unpaired) electrons. The molecule has 1 fully saturated rings. The van der Waals surface area contributed by atoms with Gasteiger partial charge in [-0.05, 0) is 30.3 Å². The minimum atomic E-state index is -4.87. The second kappa shape index (κ2) is 10.5. The van der Waals surface area contributed by atoms with Gasteiger partial charge in [-0.15, -0.1) is 0 Å². The molecule has 0 saturated carbocycles. The van der Waals surface area contributed by atoms with E-state index in [2.05, 4.69) is 15.0 Å². The summed E-state index contributed by atoms with van der Waals surface area (Å²) in [4.78, 5) is 18.8. The van der Waals surface area contributed by atoms with Crippen LogP contribution in [0.5, 0.6) is 0 Å². The first-order valence-electron chi connectivity index (χ1n) is 11.8. The van der Waals surface area contributed by atoms with Crippen molar-refractivity contribution >= 4 is 40.3 Å². The van der Waals surface area contributed by atoms with Crippen LogP contribution in [0.25, 0.3) is 16.6 Å². The summed E-state index contributed by atoms with van der Waals surface area (Å²) < 4.78 is 78.3. The number of morpholine rings is 1. The normalized spacial score (nSPS) is 14.6. The molecular weight excluding hydrogens is 561 g/mol. The van der Waals surface area contributed by atoms with Crippen LogP contribution in [-0.2, 0) is 17.5 Å². The highest BCUT2D eigenvalue weighted by Crippen LogP contribution is 2.40. The lowest BCUT2D eigenvalue weighted by Gasteiger charge is -2.26. The zero-order valence-corrected chi connectivity index (χ0v) is 21.3. The van der Waals surface area contributed by atoms with Crippen molar-refractivity contribution in [3.8, 4) is 11.1 Å². The summed E-state index contributed by atoms with van der Waals surface area (Å²) in [5.41, 5.74) is 9.84. The number of amides is 2. The summed E-state index contributed by atoms with van der Waals surface area (Å²) in [5.74, 6) is -2.12.